The van der Waals surface area contributed by atoms with Crippen molar-refractivity contribution in [2.45, 2.75) is 72.6 Å². The minimum absolute atomic E-state index is 0.775. The molecule has 0 aromatic carbocycles. The Bertz CT molecular complexity index is 172. The molecule has 0 aliphatic rings. The monoisotopic (exact) mass is 348 g/mol. The van der Waals surface area contributed by atoms with E-state index in [1.165, 1.54) is 32.1 Å². The van der Waals surface area contributed by atoms with Crippen LogP contribution >= 0.6 is 0 Å². The molecule has 0 amide bonds. The second-order valence-electron chi connectivity index (χ2n) is 5.01. The van der Waals surface area contributed by atoms with E-state index in [1.54, 1.807) is 13.3 Å². The van der Waals surface area contributed by atoms with E-state index >= 15 is 0 Å². The molecule has 0 saturated carbocycles. The van der Waals surface area contributed by atoms with Crippen molar-refractivity contribution in [2.24, 2.45) is 0 Å². The summed E-state index contributed by atoms with van der Waals surface area (Å²) in [5, 5.41) is 0. The van der Waals surface area contributed by atoms with E-state index in [0.717, 1.165) is 18.8 Å². The Morgan fingerprint density at radius 2 is 1.47 bits per heavy atom. The molecule has 0 aromatic heterocycles. The van der Waals surface area contributed by atoms with E-state index in [2.05, 4.69) is 20.4 Å². The van der Waals surface area contributed by atoms with Crippen LogP contribution in [0.5, 0.6) is 0 Å². The first-order valence-corrected chi connectivity index (χ1v) is 14.5. The van der Waals surface area contributed by atoms with Crippen LogP contribution in [0.2, 0.25) is 13.3 Å². The van der Waals surface area contributed by atoms with E-state index < -0.39 is 19.8 Å². The summed E-state index contributed by atoms with van der Waals surface area (Å²) in [5.74, 6) is 1.00. The molecule has 0 saturated heterocycles. The number of allylic oxidation sites excluding steroid dienone is 1. The fourth-order valence-corrected chi connectivity index (χ4v) is 12.6. The van der Waals surface area contributed by atoms with Crippen molar-refractivity contribution in [1.29, 1.82) is 0 Å². The predicted molar refractivity (Wildman–Crippen MR) is 81.4 cm³/mol. The summed E-state index contributed by atoms with van der Waals surface area (Å²) in [7, 11) is 0. The maximum atomic E-state index is 5.41. The summed E-state index contributed by atoms with van der Waals surface area (Å²) in [6, 6.07) is 0. The molecule has 0 aliphatic carbocycles. The third kappa shape index (κ3) is 11.2. The molecule has 0 aromatic rings. The predicted octanol–water partition coefficient (Wildman–Crippen LogP) is 5.14. The topological polar surface area (TPSA) is 9.23 Å². The Kier molecular flexibility index (Phi) is 13.0. The Balaban J connectivity index is 3.69. The molecule has 0 atom stereocenters. The molecular weight excluding hydrogens is 315 g/mol. The molecule has 0 radical (unpaired) electrons. The minimum atomic E-state index is -1.15. The summed E-state index contributed by atoms with van der Waals surface area (Å²) in [6.07, 6.45) is 8.16. The number of hydrogen-bond acceptors (Lipinski definition) is 1. The van der Waals surface area contributed by atoms with Gasteiger partial charge in [0.2, 0.25) is 0 Å². The van der Waals surface area contributed by atoms with Gasteiger partial charge in [-0.3, -0.25) is 0 Å². The van der Waals surface area contributed by atoms with E-state index in [4.69, 9.17) is 4.74 Å². The van der Waals surface area contributed by atoms with Crippen LogP contribution in [0.4, 0.5) is 0 Å². The summed E-state index contributed by atoms with van der Waals surface area (Å²) < 4.78 is 10.2. The first kappa shape index (κ1) is 17.3. The van der Waals surface area contributed by atoms with Gasteiger partial charge in [-0.2, -0.15) is 0 Å². The molecule has 0 aliphatic heterocycles. The molecule has 0 bridgehead atoms. The van der Waals surface area contributed by atoms with Crippen LogP contribution in [-0.4, -0.2) is 26.4 Å². The Morgan fingerprint density at radius 3 is 1.94 bits per heavy atom. The molecule has 102 valence electrons. The van der Waals surface area contributed by atoms with Gasteiger partial charge in [0.25, 0.3) is 0 Å². The van der Waals surface area contributed by atoms with Gasteiger partial charge < -0.3 is 0 Å². The normalized spacial score (nSPS) is 10.8. The second-order valence-corrected chi connectivity index (χ2v) is 14.9. The van der Waals surface area contributed by atoms with Gasteiger partial charge in [0.05, 0.1) is 0 Å². The number of rotatable bonds is 12. The number of hydrogen-bond donors (Lipinski definition) is 0. The average Bonchev–Trinajstić information content (AvgIpc) is 2.32. The third-order valence-corrected chi connectivity index (χ3v) is 13.8. The zero-order valence-electron chi connectivity index (χ0n) is 12.3. The summed E-state index contributed by atoms with van der Waals surface area (Å²) >= 11 is -1.15. The Labute approximate surface area is 116 Å². The fraction of sp³-hybridized carbons (Fsp3) is 0.867. The molecule has 0 heterocycles. The molecule has 0 N–H and O–H groups in total. The van der Waals surface area contributed by atoms with E-state index in [0.29, 0.717) is 0 Å². The van der Waals surface area contributed by atoms with Crippen LogP contribution in [-0.2, 0) is 4.74 Å². The zero-order chi connectivity index (χ0) is 12.9. The van der Waals surface area contributed by atoms with Crippen molar-refractivity contribution in [3.8, 4) is 0 Å². The fourth-order valence-electron chi connectivity index (χ4n) is 2.28. The van der Waals surface area contributed by atoms with Crippen LogP contribution in [0.3, 0.4) is 0 Å². The molecule has 0 fully saturated rings. The number of unbranched alkanes of at least 4 members (excludes halogenated alkanes) is 2. The second kappa shape index (κ2) is 12.8. The van der Waals surface area contributed by atoms with Gasteiger partial charge in [-0.15, -0.1) is 0 Å². The van der Waals surface area contributed by atoms with E-state index in [1.807, 2.05) is 6.92 Å². The third-order valence-electron chi connectivity index (χ3n) is 3.35. The van der Waals surface area contributed by atoms with Gasteiger partial charge in [0.1, 0.15) is 0 Å². The van der Waals surface area contributed by atoms with Gasteiger partial charge in [-0.05, 0) is 0 Å². The molecule has 1 nitrogen and oxygen atoms in total. The van der Waals surface area contributed by atoms with Crippen molar-refractivity contribution < 1.29 is 4.74 Å². The van der Waals surface area contributed by atoms with Gasteiger partial charge in [-0.25, -0.2) is 0 Å². The Hall–Kier alpha value is 0.339. The van der Waals surface area contributed by atoms with E-state index in [9.17, 15) is 0 Å². The van der Waals surface area contributed by atoms with Crippen LogP contribution in [0.15, 0.2) is 12.3 Å². The van der Waals surface area contributed by atoms with Crippen LogP contribution in [0, 0.1) is 0 Å². The van der Waals surface area contributed by atoms with Crippen molar-refractivity contribution in [2.75, 3.05) is 6.61 Å². The summed E-state index contributed by atoms with van der Waals surface area (Å²) in [4.78, 5) is 0. The van der Waals surface area contributed by atoms with Gasteiger partial charge >= 0.3 is 116 Å². The van der Waals surface area contributed by atoms with Crippen LogP contribution < -0.4 is 0 Å². The zero-order valence-corrected chi connectivity index (χ0v) is 15.6. The summed E-state index contributed by atoms with van der Waals surface area (Å²) in [5.41, 5.74) is 0. The van der Waals surface area contributed by atoms with Crippen molar-refractivity contribution in [3.05, 3.63) is 12.3 Å². The average molecular weight is 347 g/mol. The number of ether oxygens (including phenoxy) is 1. The first-order chi connectivity index (χ1) is 8.24. The molecule has 17 heavy (non-hydrogen) atoms. The standard InChI is InChI=1S/C7H13O.2C4H9.Sn.H/c1-4-6-7(3)8-5-2;2*1-3-4-2;;/h1,3-6H2,2H3;2*1,3-4H2,2H3;;. The van der Waals surface area contributed by atoms with Gasteiger partial charge in [0.15, 0.2) is 0 Å². The molecule has 0 unspecified atom stereocenters. The maximum absolute atomic E-state index is 5.41. The van der Waals surface area contributed by atoms with Crippen LogP contribution in [0.1, 0.15) is 59.3 Å². The molecular formula is C15H32OSn. The molecule has 0 rings (SSSR count). The van der Waals surface area contributed by atoms with Crippen LogP contribution in [0.25, 0.3) is 0 Å². The van der Waals surface area contributed by atoms with Crippen molar-refractivity contribution in [1.82, 2.24) is 0 Å². The van der Waals surface area contributed by atoms with Gasteiger partial charge in [-0.1, -0.05) is 0 Å². The van der Waals surface area contributed by atoms with Crippen molar-refractivity contribution in [3.63, 3.8) is 0 Å². The first-order valence-electron chi connectivity index (χ1n) is 7.55. The quantitative estimate of drug-likeness (QED) is 0.351. The van der Waals surface area contributed by atoms with E-state index in [-0.39, 0.29) is 0 Å². The Morgan fingerprint density at radius 1 is 0.941 bits per heavy atom. The summed E-state index contributed by atoms with van der Waals surface area (Å²) in [6.45, 7) is 11.4. The van der Waals surface area contributed by atoms with Crippen molar-refractivity contribution >= 4 is 19.8 Å². The molecule has 0 spiro atoms. The van der Waals surface area contributed by atoms with Gasteiger partial charge in [0, 0.05) is 0 Å². The SMILES string of the molecule is C=C(CC[CH2][SnH]([CH2]CCC)[CH2]CCC)OCC. The molecule has 2 heteroatoms.